The number of alkyl halides is 3. The Morgan fingerprint density at radius 1 is 1.03 bits per heavy atom. The van der Waals surface area contributed by atoms with Crippen molar-refractivity contribution in [2.45, 2.75) is 19.5 Å². The van der Waals surface area contributed by atoms with Crippen LogP contribution in [-0.2, 0) is 17.3 Å². The average Bonchev–Trinajstić information content (AvgIpc) is 2.68. The zero-order valence-electron chi connectivity index (χ0n) is 15.7. The number of carbonyl (C=O) groups is 1. The Bertz CT molecular complexity index is 1000. The summed E-state index contributed by atoms with van der Waals surface area (Å²) in [6.45, 7) is 2.02. The van der Waals surface area contributed by atoms with Gasteiger partial charge in [0.1, 0.15) is 5.82 Å². The number of carbonyl (C=O) groups excluding carboxylic acids is 1. The number of hydrogen-bond acceptors (Lipinski definition) is 4. The number of benzene rings is 2. The standard InChI is InChI=1S/C22H19F3N2O2/c1-2-29-21(28)17-6-4-8-19(14-17)27-20-13-16(9-10-26-20)11-15-5-3-7-18(12-15)22(23,24)25/h3-10,12-14H,2,11H2,1H3,(H,26,27). The molecule has 0 amide bonds. The molecule has 0 saturated heterocycles. The van der Waals surface area contributed by atoms with Crippen LogP contribution in [0.4, 0.5) is 24.7 Å². The molecule has 0 atom stereocenters. The Kier molecular flexibility index (Phi) is 6.16. The third kappa shape index (κ3) is 5.57. The minimum Gasteiger partial charge on any atom is -0.462 e. The molecule has 7 heteroatoms. The predicted octanol–water partition coefficient (Wildman–Crippen LogP) is 5.61. The van der Waals surface area contributed by atoms with Gasteiger partial charge in [0.05, 0.1) is 17.7 Å². The van der Waals surface area contributed by atoms with Crippen LogP contribution < -0.4 is 5.32 Å². The van der Waals surface area contributed by atoms with E-state index in [-0.39, 0.29) is 6.61 Å². The predicted molar refractivity (Wildman–Crippen MR) is 104 cm³/mol. The van der Waals surface area contributed by atoms with Gasteiger partial charge >= 0.3 is 12.1 Å². The number of rotatable bonds is 6. The van der Waals surface area contributed by atoms with Crippen LogP contribution in [0.2, 0.25) is 0 Å². The number of pyridine rings is 1. The van der Waals surface area contributed by atoms with Crippen LogP contribution in [0.15, 0.2) is 66.9 Å². The number of halogens is 3. The summed E-state index contributed by atoms with van der Waals surface area (Å²) in [5.41, 5.74) is 1.76. The van der Waals surface area contributed by atoms with Crippen LogP contribution >= 0.6 is 0 Å². The van der Waals surface area contributed by atoms with Gasteiger partial charge in [0, 0.05) is 11.9 Å². The van der Waals surface area contributed by atoms with Crippen molar-refractivity contribution >= 4 is 17.5 Å². The molecule has 0 aliphatic heterocycles. The van der Waals surface area contributed by atoms with Gasteiger partial charge in [0.15, 0.2) is 0 Å². The monoisotopic (exact) mass is 400 g/mol. The quantitative estimate of drug-likeness (QED) is 0.547. The minimum atomic E-state index is -4.37. The van der Waals surface area contributed by atoms with Gasteiger partial charge < -0.3 is 10.1 Å². The first kappa shape index (κ1) is 20.4. The maximum absolute atomic E-state index is 12.9. The van der Waals surface area contributed by atoms with Crippen molar-refractivity contribution in [1.82, 2.24) is 4.98 Å². The highest BCUT2D eigenvalue weighted by Gasteiger charge is 2.30. The van der Waals surface area contributed by atoms with Crippen LogP contribution in [0, 0.1) is 0 Å². The van der Waals surface area contributed by atoms with Crippen LogP contribution in [0.5, 0.6) is 0 Å². The van der Waals surface area contributed by atoms with Crippen LogP contribution in [0.25, 0.3) is 0 Å². The lowest BCUT2D eigenvalue weighted by atomic mass is 10.0. The van der Waals surface area contributed by atoms with Crippen molar-refractivity contribution in [2.24, 2.45) is 0 Å². The summed E-state index contributed by atoms with van der Waals surface area (Å²) in [6, 6.07) is 15.6. The molecular weight excluding hydrogens is 381 g/mol. The molecule has 3 aromatic rings. The molecule has 0 spiro atoms. The lowest BCUT2D eigenvalue weighted by Gasteiger charge is -2.11. The molecule has 150 valence electrons. The summed E-state index contributed by atoms with van der Waals surface area (Å²) < 4.78 is 43.7. The summed E-state index contributed by atoms with van der Waals surface area (Å²) in [5, 5.41) is 3.10. The van der Waals surface area contributed by atoms with E-state index in [1.807, 2.05) is 0 Å². The molecule has 0 bridgehead atoms. The lowest BCUT2D eigenvalue weighted by molar-refractivity contribution is -0.137. The van der Waals surface area contributed by atoms with E-state index in [1.165, 1.54) is 6.07 Å². The van der Waals surface area contributed by atoms with E-state index in [0.29, 0.717) is 29.1 Å². The Hall–Kier alpha value is -3.35. The van der Waals surface area contributed by atoms with Gasteiger partial charge in [-0.1, -0.05) is 24.3 Å². The summed E-state index contributed by atoms with van der Waals surface area (Å²) in [4.78, 5) is 16.1. The van der Waals surface area contributed by atoms with Crippen molar-refractivity contribution in [3.8, 4) is 0 Å². The van der Waals surface area contributed by atoms with Crippen molar-refractivity contribution in [3.63, 3.8) is 0 Å². The van der Waals surface area contributed by atoms with Crippen molar-refractivity contribution in [3.05, 3.63) is 89.1 Å². The SMILES string of the molecule is CCOC(=O)c1cccc(Nc2cc(Cc3cccc(C(F)(F)F)c3)ccn2)c1. The second-order valence-corrected chi connectivity index (χ2v) is 6.35. The molecule has 0 radical (unpaired) electrons. The summed E-state index contributed by atoms with van der Waals surface area (Å²) in [5.74, 6) is 0.109. The zero-order chi connectivity index (χ0) is 20.9. The lowest BCUT2D eigenvalue weighted by Crippen LogP contribution is -2.05. The fourth-order valence-electron chi connectivity index (χ4n) is 2.83. The molecule has 1 N–H and O–H groups in total. The molecule has 0 saturated carbocycles. The number of aromatic nitrogens is 1. The highest BCUT2D eigenvalue weighted by atomic mass is 19.4. The number of nitrogens with one attached hydrogen (secondary N) is 1. The Morgan fingerprint density at radius 2 is 1.79 bits per heavy atom. The first-order valence-electron chi connectivity index (χ1n) is 9.00. The molecule has 29 heavy (non-hydrogen) atoms. The van der Waals surface area contributed by atoms with E-state index >= 15 is 0 Å². The van der Waals surface area contributed by atoms with E-state index in [1.54, 1.807) is 55.6 Å². The number of esters is 1. The van der Waals surface area contributed by atoms with Gasteiger partial charge in [0.25, 0.3) is 0 Å². The van der Waals surface area contributed by atoms with Crippen molar-refractivity contribution in [2.75, 3.05) is 11.9 Å². The molecule has 0 aliphatic carbocycles. The van der Waals surface area contributed by atoms with E-state index in [0.717, 1.165) is 17.7 Å². The first-order chi connectivity index (χ1) is 13.8. The van der Waals surface area contributed by atoms with Crippen LogP contribution in [0.1, 0.15) is 34.0 Å². The Morgan fingerprint density at radius 3 is 2.55 bits per heavy atom. The molecule has 1 aromatic heterocycles. The average molecular weight is 400 g/mol. The van der Waals surface area contributed by atoms with Crippen LogP contribution in [-0.4, -0.2) is 17.6 Å². The molecule has 1 heterocycles. The van der Waals surface area contributed by atoms with E-state index < -0.39 is 17.7 Å². The molecule has 0 unspecified atom stereocenters. The zero-order valence-corrected chi connectivity index (χ0v) is 15.7. The van der Waals surface area contributed by atoms with Gasteiger partial charge in [-0.05, 0) is 60.9 Å². The fourth-order valence-corrected chi connectivity index (χ4v) is 2.83. The molecule has 2 aromatic carbocycles. The number of anilines is 2. The fraction of sp³-hybridized carbons (Fsp3) is 0.182. The highest BCUT2D eigenvalue weighted by molar-refractivity contribution is 5.90. The first-order valence-corrected chi connectivity index (χ1v) is 9.00. The largest absolute Gasteiger partial charge is 0.462 e. The maximum atomic E-state index is 12.9. The van der Waals surface area contributed by atoms with Crippen molar-refractivity contribution < 1.29 is 22.7 Å². The van der Waals surface area contributed by atoms with E-state index in [9.17, 15) is 18.0 Å². The van der Waals surface area contributed by atoms with Crippen LogP contribution in [0.3, 0.4) is 0 Å². The second kappa shape index (κ2) is 8.77. The summed E-state index contributed by atoms with van der Waals surface area (Å²) >= 11 is 0. The minimum absolute atomic E-state index is 0.287. The topological polar surface area (TPSA) is 51.2 Å². The Labute approximate surface area is 166 Å². The summed E-state index contributed by atoms with van der Waals surface area (Å²) in [6.07, 6.45) is -2.45. The molecule has 0 fully saturated rings. The second-order valence-electron chi connectivity index (χ2n) is 6.35. The highest BCUT2D eigenvalue weighted by Crippen LogP contribution is 2.30. The molecule has 4 nitrogen and oxygen atoms in total. The van der Waals surface area contributed by atoms with Gasteiger partial charge in [-0.2, -0.15) is 13.2 Å². The van der Waals surface area contributed by atoms with E-state index in [2.05, 4.69) is 10.3 Å². The van der Waals surface area contributed by atoms with E-state index in [4.69, 9.17) is 4.74 Å². The van der Waals surface area contributed by atoms with Crippen molar-refractivity contribution in [1.29, 1.82) is 0 Å². The molecule has 3 rings (SSSR count). The van der Waals surface area contributed by atoms with Gasteiger partial charge in [-0.15, -0.1) is 0 Å². The van der Waals surface area contributed by atoms with Gasteiger partial charge in [0.2, 0.25) is 0 Å². The third-order valence-corrected chi connectivity index (χ3v) is 4.13. The normalized spacial score (nSPS) is 11.2. The van der Waals surface area contributed by atoms with Gasteiger partial charge in [-0.3, -0.25) is 0 Å². The molecule has 0 aliphatic rings. The maximum Gasteiger partial charge on any atom is 0.416 e. The summed E-state index contributed by atoms with van der Waals surface area (Å²) in [7, 11) is 0. The number of ether oxygens (including phenoxy) is 1. The number of nitrogens with zero attached hydrogens (tertiary/aromatic N) is 1. The number of hydrogen-bond donors (Lipinski definition) is 1. The third-order valence-electron chi connectivity index (χ3n) is 4.13. The molecular formula is C22H19F3N2O2. The smallest absolute Gasteiger partial charge is 0.416 e. The van der Waals surface area contributed by atoms with Gasteiger partial charge in [-0.25, -0.2) is 9.78 Å². The Balaban J connectivity index is 1.75.